The highest BCUT2D eigenvalue weighted by atomic mass is 32.2. The summed E-state index contributed by atoms with van der Waals surface area (Å²) in [6, 6.07) is 0. The Hall–Kier alpha value is -1.93. The number of sulfonamides is 1. The maximum atomic E-state index is 13.1. The molecule has 0 saturated heterocycles. The fraction of sp³-hybridized carbons (Fsp3) is 0.864. The van der Waals surface area contributed by atoms with Gasteiger partial charge in [-0.2, -0.15) is 13.2 Å². The molecule has 0 aromatic carbocycles. The zero-order chi connectivity index (χ0) is 28.6. The number of rotatable bonds is 14. The minimum Gasteiger partial charge on any atom is -0.464 e. The second-order valence-electron chi connectivity index (χ2n) is 10.3. The standard InChI is InChI=1S/C22H39F3N2O8S/c1-8-20(6,17(30)35-12-10-28)14-21(7,13-15(2)16(29)27-19(3,4)5)18(31)34-11-9-26-36(32,33)22(23,24)25/h15,26,28H,8-14H2,1-7H3,(H,27,29). The molecule has 0 aliphatic carbocycles. The first-order valence-electron chi connectivity index (χ1n) is 11.5. The van der Waals surface area contributed by atoms with Crippen LogP contribution in [-0.2, 0) is 33.9 Å². The Morgan fingerprint density at radius 2 is 1.44 bits per heavy atom. The maximum absolute atomic E-state index is 13.1. The number of nitrogens with one attached hydrogen (secondary N) is 2. The van der Waals surface area contributed by atoms with Crippen LogP contribution in [-0.4, -0.2) is 68.8 Å². The molecule has 0 aromatic heterocycles. The monoisotopic (exact) mass is 548 g/mol. The Balaban J connectivity index is 5.78. The summed E-state index contributed by atoms with van der Waals surface area (Å²) in [7, 11) is -5.61. The number of amides is 1. The normalized spacial score (nSPS) is 16.9. The Labute approximate surface area is 210 Å². The van der Waals surface area contributed by atoms with Crippen LogP contribution in [0.3, 0.4) is 0 Å². The van der Waals surface area contributed by atoms with Crippen LogP contribution in [0, 0.1) is 16.7 Å². The zero-order valence-corrected chi connectivity index (χ0v) is 22.7. The number of ether oxygens (including phenoxy) is 2. The van der Waals surface area contributed by atoms with E-state index in [1.54, 1.807) is 41.5 Å². The smallest absolute Gasteiger partial charge is 0.464 e. The molecule has 1 amide bonds. The lowest BCUT2D eigenvalue weighted by molar-refractivity contribution is -0.165. The van der Waals surface area contributed by atoms with Crippen LogP contribution in [0.1, 0.15) is 67.7 Å². The fourth-order valence-electron chi connectivity index (χ4n) is 3.58. The number of aliphatic hydroxyl groups is 1. The van der Waals surface area contributed by atoms with E-state index in [-0.39, 0.29) is 31.8 Å². The Morgan fingerprint density at radius 3 is 1.89 bits per heavy atom. The van der Waals surface area contributed by atoms with Gasteiger partial charge in [-0.25, -0.2) is 13.1 Å². The molecule has 0 radical (unpaired) electrons. The second kappa shape index (κ2) is 13.0. The van der Waals surface area contributed by atoms with Crippen LogP contribution in [0.5, 0.6) is 0 Å². The molecule has 0 aromatic rings. The van der Waals surface area contributed by atoms with E-state index in [4.69, 9.17) is 14.6 Å². The highest BCUT2D eigenvalue weighted by molar-refractivity contribution is 7.90. The largest absolute Gasteiger partial charge is 0.511 e. The topological polar surface area (TPSA) is 148 Å². The van der Waals surface area contributed by atoms with Crippen molar-refractivity contribution in [3.05, 3.63) is 0 Å². The van der Waals surface area contributed by atoms with Crippen LogP contribution in [0.2, 0.25) is 0 Å². The van der Waals surface area contributed by atoms with Gasteiger partial charge in [-0.3, -0.25) is 14.4 Å². The zero-order valence-electron chi connectivity index (χ0n) is 21.9. The van der Waals surface area contributed by atoms with Gasteiger partial charge in [-0.05, 0) is 53.9 Å². The number of hydrogen-bond acceptors (Lipinski definition) is 8. The highest BCUT2D eigenvalue weighted by Crippen LogP contribution is 2.42. The van der Waals surface area contributed by atoms with Crippen molar-refractivity contribution in [2.75, 3.05) is 26.4 Å². The molecule has 3 atom stereocenters. The first-order valence-corrected chi connectivity index (χ1v) is 13.0. The molecule has 0 rings (SSSR count). The molecule has 0 aliphatic rings. The van der Waals surface area contributed by atoms with E-state index in [9.17, 15) is 36.0 Å². The lowest BCUT2D eigenvalue weighted by atomic mass is 9.68. The fourth-order valence-corrected chi connectivity index (χ4v) is 4.10. The third-order valence-electron chi connectivity index (χ3n) is 5.51. The molecule has 212 valence electrons. The van der Waals surface area contributed by atoms with Gasteiger partial charge in [-0.15, -0.1) is 0 Å². The molecular weight excluding hydrogens is 509 g/mol. The summed E-state index contributed by atoms with van der Waals surface area (Å²) < 4.78 is 71.1. The average Bonchev–Trinajstić information content (AvgIpc) is 2.72. The van der Waals surface area contributed by atoms with Crippen LogP contribution < -0.4 is 10.0 Å². The minimum atomic E-state index is -5.61. The minimum absolute atomic E-state index is 0.0785. The van der Waals surface area contributed by atoms with E-state index in [0.717, 1.165) is 0 Å². The number of hydrogen-bond donors (Lipinski definition) is 3. The molecule has 0 saturated carbocycles. The second-order valence-corrected chi connectivity index (χ2v) is 12.1. The van der Waals surface area contributed by atoms with E-state index in [0.29, 0.717) is 0 Å². The molecule has 0 spiro atoms. The summed E-state index contributed by atoms with van der Waals surface area (Å²) in [4.78, 5) is 38.5. The van der Waals surface area contributed by atoms with Crippen molar-refractivity contribution in [3.8, 4) is 0 Å². The SMILES string of the molecule is CCC(C)(CC(C)(CC(C)C(=O)NC(C)(C)C)C(=O)OCCNS(=O)(=O)C(F)(F)F)C(=O)OCCO. The van der Waals surface area contributed by atoms with Crippen molar-refractivity contribution in [1.82, 2.24) is 10.0 Å². The van der Waals surface area contributed by atoms with Gasteiger partial charge >= 0.3 is 27.5 Å². The molecule has 36 heavy (non-hydrogen) atoms. The molecule has 14 heteroatoms. The lowest BCUT2D eigenvalue weighted by Gasteiger charge is -2.37. The average molecular weight is 549 g/mol. The summed E-state index contributed by atoms with van der Waals surface area (Å²) in [5.74, 6) is -2.68. The van der Waals surface area contributed by atoms with Crippen molar-refractivity contribution in [1.29, 1.82) is 0 Å². The number of alkyl halides is 3. The first kappa shape index (κ1) is 34.1. The summed E-state index contributed by atoms with van der Waals surface area (Å²) >= 11 is 0. The first-order chi connectivity index (χ1) is 16.1. The van der Waals surface area contributed by atoms with Crippen LogP contribution in [0.4, 0.5) is 13.2 Å². The van der Waals surface area contributed by atoms with Crippen molar-refractivity contribution < 1.29 is 50.6 Å². The van der Waals surface area contributed by atoms with Gasteiger partial charge in [0.1, 0.15) is 13.2 Å². The number of aliphatic hydroxyl groups excluding tert-OH is 1. The molecule has 3 N–H and O–H groups in total. The predicted molar refractivity (Wildman–Crippen MR) is 125 cm³/mol. The van der Waals surface area contributed by atoms with Crippen LogP contribution in [0.25, 0.3) is 0 Å². The Bertz CT molecular complexity index is 873. The van der Waals surface area contributed by atoms with Gasteiger partial charge < -0.3 is 19.9 Å². The number of halogens is 3. The van der Waals surface area contributed by atoms with E-state index >= 15 is 0 Å². The summed E-state index contributed by atoms with van der Waals surface area (Å²) in [6.07, 6.45) is 0.0139. The molecule has 0 fully saturated rings. The van der Waals surface area contributed by atoms with Crippen molar-refractivity contribution in [2.24, 2.45) is 16.7 Å². The quantitative estimate of drug-likeness (QED) is 0.221. The molecular formula is C22H39F3N2O8S. The molecule has 3 unspecified atom stereocenters. The van der Waals surface area contributed by atoms with E-state index < -0.39 is 69.5 Å². The Kier molecular flexibility index (Phi) is 12.3. The molecule has 0 aliphatic heterocycles. The number of carbonyl (C=O) groups is 3. The summed E-state index contributed by atoms with van der Waals surface area (Å²) in [5, 5.41) is 11.8. The van der Waals surface area contributed by atoms with E-state index in [1.807, 2.05) is 0 Å². The van der Waals surface area contributed by atoms with Crippen LogP contribution in [0.15, 0.2) is 0 Å². The van der Waals surface area contributed by atoms with Crippen molar-refractivity contribution in [2.45, 2.75) is 78.8 Å². The highest BCUT2D eigenvalue weighted by Gasteiger charge is 2.48. The van der Waals surface area contributed by atoms with Gasteiger partial charge in [0.2, 0.25) is 5.91 Å². The molecule has 0 heterocycles. The number of carbonyl (C=O) groups excluding carboxylic acids is 3. The van der Waals surface area contributed by atoms with Gasteiger partial charge in [0, 0.05) is 18.0 Å². The van der Waals surface area contributed by atoms with E-state index in [1.165, 1.54) is 11.6 Å². The maximum Gasteiger partial charge on any atom is 0.511 e. The van der Waals surface area contributed by atoms with Gasteiger partial charge in [-0.1, -0.05) is 13.8 Å². The molecule has 10 nitrogen and oxygen atoms in total. The van der Waals surface area contributed by atoms with E-state index in [2.05, 4.69) is 5.32 Å². The third kappa shape index (κ3) is 10.6. The van der Waals surface area contributed by atoms with Crippen molar-refractivity contribution in [3.63, 3.8) is 0 Å². The molecule has 0 bridgehead atoms. The van der Waals surface area contributed by atoms with Crippen molar-refractivity contribution >= 4 is 27.9 Å². The summed E-state index contributed by atoms with van der Waals surface area (Å²) in [6.45, 7) is 9.43. The van der Waals surface area contributed by atoms with Gasteiger partial charge in [0.25, 0.3) is 0 Å². The number of esters is 2. The third-order valence-corrected chi connectivity index (χ3v) is 6.70. The lowest BCUT2D eigenvalue weighted by Crippen LogP contribution is -2.46. The Morgan fingerprint density at radius 1 is 0.944 bits per heavy atom. The van der Waals surface area contributed by atoms with Gasteiger partial charge in [0.15, 0.2) is 0 Å². The van der Waals surface area contributed by atoms with Crippen LogP contribution >= 0.6 is 0 Å². The predicted octanol–water partition coefficient (Wildman–Crippen LogP) is 2.26. The summed E-state index contributed by atoms with van der Waals surface area (Å²) in [5.41, 5.74) is -8.76. The van der Waals surface area contributed by atoms with Gasteiger partial charge in [0.05, 0.1) is 17.4 Å².